The molecule has 1 aliphatic rings. The maximum atomic E-state index is 12.5. The van der Waals surface area contributed by atoms with E-state index in [4.69, 9.17) is 4.74 Å². The Morgan fingerprint density at radius 2 is 1.78 bits per heavy atom. The van der Waals surface area contributed by atoms with Crippen molar-refractivity contribution in [1.82, 2.24) is 10.4 Å². The van der Waals surface area contributed by atoms with Crippen molar-refractivity contribution in [2.75, 3.05) is 18.2 Å². The first-order chi connectivity index (χ1) is 13.0. The van der Waals surface area contributed by atoms with Gasteiger partial charge in [0.1, 0.15) is 11.1 Å². The summed E-state index contributed by atoms with van der Waals surface area (Å²) in [5, 5.41) is 3.70. The molecule has 0 spiro atoms. The highest BCUT2D eigenvalue weighted by atomic mass is 32.2. The van der Waals surface area contributed by atoms with Gasteiger partial charge < -0.3 is 10.1 Å². The normalized spacial score (nSPS) is 16.1. The maximum absolute atomic E-state index is 12.5. The first-order valence-corrected chi connectivity index (χ1v) is 9.29. The maximum Gasteiger partial charge on any atom is 0.269 e. The Bertz CT molecular complexity index is 852. The van der Waals surface area contributed by atoms with E-state index in [1.807, 2.05) is 24.3 Å². The number of thioether (sulfide) groups is 1. The smallest absolute Gasteiger partial charge is 0.269 e. The van der Waals surface area contributed by atoms with Crippen molar-refractivity contribution in [2.45, 2.75) is 12.3 Å². The standard InChI is InChI=1S/C19H19N3O4S/c1-12(23)20-15-7-3-13(4-8-15)18(25)21-22-17(24)11-27-19(22)14-5-9-16(26-2)10-6-14/h3-10,19H,11H2,1-2H3,(H,20,23)(H,21,25)/t19-/m1/s1. The number of nitrogens with one attached hydrogen (secondary N) is 2. The van der Waals surface area contributed by atoms with E-state index in [0.29, 0.717) is 17.0 Å². The van der Waals surface area contributed by atoms with Gasteiger partial charge in [0.05, 0.1) is 12.9 Å². The lowest BCUT2D eigenvalue weighted by atomic mass is 10.2. The molecule has 3 amide bonds. The molecule has 1 fully saturated rings. The molecule has 27 heavy (non-hydrogen) atoms. The highest BCUT2D eigenvalue weighted by Gasteiger charge is 2.34. The minimum absolute atomic E-state index is 0.163. The van der Waals surface area contributed by atoms with Crippen LogP contribution in [0.15, 0.2) is 48.5 Å². The topological polar surface area (TPSA) is 87.7 Å². The molecular weight excluding hydrogens is 366 g/mol. The first-order valence-electron chi connectivity index (χ1n) is 8.24. The zero-order valence-electron chi connectivity index (χ0n) is 14.9. The lowest BCUT2D eigenvalue weighted by molar-refractivity contribution is -0.130. The third kappa shape index (κ3) is 4.40. The third-order valence-corrected chi connectivity index (χ3v) is 5.17. The molecule has 1 heterocycles. The van der Waals surface area contributed by atoms with Crippen LogP contribution in [0.2, 0.25) is 0 Å². The van der Waals surface area contributed by atoms with Gasteiger partial charge in [-0.2, -0.15) is 0 Å². The number of hydrogen-bond donors (Lipinski definition) is 2. The molecule has 1 atom stereocenters. The number of carbonyl (C=O) groups excluding carboxylic acids is 3. The van der Waals surface area contributed by atoms with Crippen LogP contribution in [0.3, 0.4) is 0 Å². The highest BCUT2D eigenvalue weighted by molar-refractivity contribution is 8.00. The van der Waals surface area contributed by atoms with Gasteiger partial charge in [-0.1, -0.05) is 12.1 Å². The van der Waals surface area contributed by atoms with Gasteiger partial charge in [-0.3, -0.25) is 19.8 Å². The Kier molecular flexibility index (Phi) is 5.66. The summed E-state index contributed by atoms with van der Waals surface area (Å²) in [7, 11) is 1.59. The van der Waals surface area contributed by atoms with Crippen molar-refractivity contribution in [3.63, 3.8) is 0 Å². The summed E-state index contributed by atoms with van der Waals surface area (Å²) in [4.78, 5) is 35.8. The Morgan fingerprint density at radius 3 is 2.37 bits per heavy atom. The number of benzene rings is 2. The summed E-state index contributed by atoms with van der Waals surface area (Å²) in [6.45, 7) is 1.41. The molecule has 0 bridgehead atoms. The van der Waals surface area contributed by atoms with Crippen molar-refractivity contribution in [1.29, 1.82) is 0 Å². The molecule has 0 aliphatic carbocycles. The fraction of sp³-hybridized carbons (Fsp3) is 0.211. The van der Waals surface area contributed by atoms with Gasteiger partial charge in [0.15, 0.2) is 0 Å². The number of amides is 3. The third-order valence-electron chi connectivity index (χ3n) is 3.96. The predicted octanol–water partition coefficient (Wildman–Crippen LogP) is 2.57. The van der Waals surface area contributed by atoms with E-state index in [1.54, 1.807) is 31.4 Å². The lowest BCUT2D eigenvalue weighted by Crippen LogP contribution is -2.44. The predicted molar refractivity (Wildman–Crippen MR) is 103 cm³/mol. The SMILES string of the molecule is COc1ccc([C@H]2SCC(=O)N2NC(=O)c2ccc(NC(C)=O)cc2)cc1. The molecular formula is C19H19N3O4S. The van der Waals surface area contributed by atoms with E-state index in [9.17, 15) is 14.4 Å². The Hall–Kier alpha value is -3.00. The fourth-order valence-corrected chi connectivity index (χ4v) is 3.75. The summed E-state index contributed by atoms with van der Waals surface area (Å²) in [5.74, 6) is 0.276. The number of rotatable bonds is 5. The number of nitrogens with zero attached hydrogens (tertiary/aromatic N) is 1. The number of carbonyl (C=O) groups is 3. The minimum Gasteiger partial charge on any atom is -0.497 e. The second-order valence-corrected chi connectivity index (χ2v) is 6.97. The van der Waals surface area contributed by atoms with E-state index in [1.165, 1.54) is 23.7 Å². The molecule has 8 heteroatoms. The number of methoxy groups -OCH3 is 1. The van der Waals surface area contributed by atoms with E-state index in [-0.39, 0.29) is 17.2 Å². The second-order valence-electron chi connectivity index (χ2n) is 5.90. The molecule has 140 valence electrons. The van der Waals surface area contributed by atoms with Crippen LogP contribution in [0.25, 0.3) is 0 Å². The molecule has 0 radical (unpaired) electrons. The Morgan fingerprint density at radius 1 is 1.11 bits per heavy atom. The van der Waals surface area contributed by atoms with Gasteiger partial charge in [-0.05, 0) is 42.0 Å². The van der Waals surface area contributed by atoms with Crippen LogP contribution in [-0.2, 0) is 9.59 Å². The molecule has 2 N–H and O–H groups in total. The largest absolute Gasteiger partial charge is 0.497 e. The van der Waals surface area contributed by atoms with Crippen LogP contribution < -0.4 is 15.5 Å². The lowest BCUT2D eigenvalue weighted by Gasteiger charge is -2.24. The molecule has 1 saturated heterocycles. The first kappa shape index (κ1) is 18.8. The Labute approximate surface area is 161 Å². The van der Waals surface area contributed by atoms with Gasteiger partial charge >= 0.3 is 0 Å². The number of hydrazine groups is 1. The zero-order chi connectivity index (χ0) is 19.4. The molecule has 2 aromatic carbocycles. The van der Waals surface area contributed by atoms with Crippen LogP contribution in [-0.4, -0.2) is 35.6 Å². The molecule has 0 unspecified atom stereocenters. The van der Waals surface area contributed by atoms with E-state index in [2.05, 4.69) is 10.7 Å². The van der Waals surface area contributed by atoms with Crippen molar-refractivity contribution in [3.8, 4) is 5.75 Å². The van der Waals surface area contributed by atoms with Gasteiger partial charge in [0, 0.05) is 18.2 Å². The quantitative estimate of drug-likeness (QED) is 0.826. The van der Waals surface area contributed by atoms with Crippen LogP contribution in [0.1, 0.15) is 28.2 Å². The number of ether oxygens (including phenoxy) is 1. The van der Waals surface area contributed by atoms with Crippen molar-refractivity contribution < 1.29 is 19.1 Å². The number of anilines is 1. The molecule has 3 rings (SSSR count). The van der Waals surface area contributed by atoms with Gasteiger partial charge in [-0.25, -0.2) is 5.01 Å². The molecule has 0 aromatic heterocycles. The summed E-state index contributed by atoms with van der Waals surface area (Å²) < 4.78 is 5.15. The van der Waals surface area contributed by atoms with E-state index in [0.717, 1.165) is 11.3 Å². The monoisotopic (exact) mass is 385 g/mol. The van der Waals surface area contributed by atoms with Gasteiger partial charge in [-0.15, -0.1) is 11.8 Å². The van der Waals surface area contributed by atoms with Crippen molar-refractivity contribution in [3.05, 3.63) is 59.7 Å². The van der Waals surface area contributed by atoms with Crippen LogP contribution in [0, 0.1) is 0 Å². The molecule has 7 nitrogen and oxygen atoms in total. The summed E-state index contributed by atoms with van der Waals surface area (Å²) in [5.41, 5.74) is 4.57. The Balaban J connectivity index is 1.72. The van der Waals surface area contributed by atoms with Gasteiger partial charge in [0.25, 0.3) is 11.8 Å². The van der Waals surface area contributed by atoms with Crippen LogP contribution in [0.4, 0.5) is 5.69 Å². The summed E-state index contributed by atoms with van der Waals surface area (Å²) in [6, 6.07) is 13.8. The van der Waals surface area contributed by atoms with Crippen molar-refractivity contribution in [2.24, 2.45) is 0 Å². The van der Waals surface area contributed by atoms with E-state index < -0.39 is 5.91 Å². The summed E-state index contributed by atoms with van der Waals surface area (Å²) >= 11 is 1.44. The average molecular weight is 385 g/mol. The van der Waals surface area contributed by atoms with Crippen molar-refractivity contribution >= 4 is 35.2 Å². The van der Waals surface area contributed by atoms with Crippen LogP contribution >= 0.6 is 11.8 Å². The fourth-order valence-electron chi connectivity index (χ4n) is 2.64. The second kappa shape index (κ2) is 8.13. The molecule has 1 aliphatic heterocycles. The number of hydrogen-bond acceptors (Lipinski definition) is 5. The minimum atomic E-state index is -0.390. The molecule has 2 aromatic rings. The molecule has 0 saturated carbocycles. The van der Waals surface area contributed by atoms with Gasteiger partial charge in [0.2, 0.25) is 5.91 Å². The van der Waals surface area contributed by atoms with Crippen LogP contribution in [0.5, 0.6) is 5.75 Å². The zero-order valence-corrected chi connectivity index (χ0v) is 15.7. The average Bonchev–Trinajstić information content (AvgIpc) is 3.02. The van der Waals surface area contributed by atoms with E-state index >= 15 is 0 Å². The summed E-state index contributed by atoms with van der Waals surface area (Å²) in [6.07, 6.45) is 0. The highest BCUT2D eigenvalue weighted by Crippen LogP contribution is 2.37.